The number of aliphatic hydroxyl groups is 1. The highest BCUT2D eigenvalue weighted by atomic mass is 16.5. The van der Waals surface area contributed by atoms with Gasteiger partial charge in [0.2, 0.25) is 0 Å². The largest absolute Gasteiger partial charge is 0.497 e. The number of hydrogen-bond acceptors (Lipinski definition) is 4. The van der Waals surface area contributed by atoms with Crippen molar-refractivity contribution in [2.45, 2.75) is 17.9 Å². The van der Waals surface area contributed by atoms with E-state index in [1.54, 1.807) is 20.3 Å². The molecule has 3 unspecified atom stereocenters. The lowest BCUT2D eigenvalue weighted by Crippen LogP contribution is -2.44. The van der Waals surface area contributed by atoms with Gasteiger partial charge in [-0.3, -0.25) is 4.79 Å². The van der Waals surface area contributed by atoms with Crippen molar-refractivity contribution in [3.63, 3.8) is 0 Å². The Kier molecular flexibility index (Phi) is 7.76. The lowest BCUT2D eigenvalue weighted by atomic mass is 9.63. The molecule has 0 aromatic heterocycles. The minimum atomic E-state index is -1.56. The van der Waals surface area contributed by atoms with E-state index in [9.17, 15) is 9.90 Å². The Morgan fingerprint density at radius 1 is 0.795 bits per heavy atom. The summed E-state index contributed by atoms with van der Waals surface area (Å²) in [5.41, 5.74) is 2.98. The normalized spacial score (nSPS) is 20.8. The van der Waals surface area contributed by atoms with Gasteiger partial charge in [0.05, 0.1) is 20.1 Å². The number of benzene rings is 4. The third kappa shape index (κ3) is 5.57. The second-order valence-corrected chi connectivity index (χ2v) is 9.80. The second kappa shape index (κ2) is 11.5. The molecule has 1 N–H and O–H groups in total. The fraction of sp³-hybridized carbons (Fsp3) is 0.171. The Labute approximate surface area is 229 Å². The van der Waals surface area contributed by atoms with Crippen LogP contribution in [0.3, 0.4) is 0 Å². The standard InChI is InChI=1S/C35H32O4/c1-38-30-18-14-26(15-19-30)28-23-32(27-11-7-4-8-12-27)34(33(36)22-13-25-9-5-3-6-10-25)35(37,24-28)29-16-20-31(39-2)21-17-29/h3-22,24,32,34,37H,23H2,1-2H3/b22-13+. The van der Waals surface area contributed by atoms with Crippen molar-refractivity contribution in [2.75, 3.05) is 14.2 Å². The number of hydrogen-bond donors (Lipinski definition) is 1. The van der Waals surface area contributed by atoms with E-state index in [4.69, 9.17) is 9.47 Å². The van der Waals surface area contributed by atoms with Crippen LogP contribution >= 0.6 is 0 Å². The Balaban J connectivity index is 1.67. The molecule has 3 atom stereocenters. The quantitative estimate of drug-likeness (QED) is 0.255. The van der Waals surface area contributed by atoms with E-state index in [-0.39, 0.29) is 11.7 Å². The molecule has 4 aromatic carbocycles. The van der Waals surface area contributed by atoms with Crippen LogP contribution in [0.25, 0.3) is 11.6 Å². The lowest BCUT2D eigenvalue weighted by molar-refractivity contribution is -0.127. The number of carbonyl (C=O) groups is 1. The molecule has 0 saturated carbocycles. The Hall–Kier alpha value is -4.41. The SMILES string of the molecule is COc1ccc(C2=CC(O)(c3ccc(OC)cc3)C(C(=O)/C=C/c3ccccc3)C(c3ccccc3)C2)cc1. The highest BCUT2D eigenvalue weighted by Gasteiger charge is 2.48. The zero-order valence-corrected chi connectivity index (χ0v) is 22.2. The molecule has 4 aromatic rings. The molecule has 39 heavy (non-hydrogen) atoms. The number of methoxy groups -OCH3 is 2. The molecule has 0 aliphatic heterocycles. The molecular weight excluding hydrogens is 484 g/mol. The molecule has 1 aliphatic rings. The first-order valence-corrected chi connectivity index (χ1v) is 13.1. The molecule has 0 amide bonds. The van der Waals surface area contributed by atoms with E-state index >= 15 is 0 Å². The minimum Gasteiger partial charge on any atom is -0.497 e. The predicted octanol–water partition coefficient (Wildman–Crippen LogP) is 7.06. The number of carbonyl (C=O) groups excluding carboxylic acids is 1. The second-order valence-electron chi connectivity index (χ2n) is 9.80. The molecule has 4 heteroatoms. The average molecular weight is 517 g/mol. The summed E-state index contributed by atoms with van der Waals surface area (Å²) in [4.78, 5) is 14.1. The van der Waals surface area contributed by atoms with E-state index in [1.807, 2.05) is 121 Å². The van der Waals surface area contributed by atoms with E-state index in [0.29, 0.717) is 17.7 Å². The summed E-state index contributed by atoms with van der Waals surface area (Å²) in [6.45, 7) is 0. The maximum atomic E-state index is 14.1. The summed E-state index contributed by atoms with van der Waals surface area (Å²) in [5, 5.41) is 12.6. The van der Waals surface area contributed by atoms with Crippen LogP contribution in [0.5, 0.6) is 11.5 Å². The van der Waals surface area contributed by atoms with Gasteiger partial charge in [-0.05, 0) is 70.7 Å². The molecule has 0 fully saturated rings. The lowest BCUT2D eigenvalue weighted by Gasteiger charge is -2.43. The first kappa shape index (κ1) is 26.2. The molecule has 0 radical (unpaired) electrons. The minimum absolute atomic E-state index is 0.129. The van der Waals surface area contributed by atoms with Gasteiger partial charge in [-0.15, -0.1) is 0 Å². The third-order valence-electron chi connectivity index (χ3n) is 7.50. The Morgan fingerprint density at radius 3 is 1.95 bits per heavy atom. The van der Waals surface area contributed by atoms with Gasteiger partial charge < -0.3 is 14.6 Å². The van der Waals surface area contributed by atoms with Gasteiger partial charge in [0, 0.05) is 5.92 Å². The van der Waals surface area contributed by atoms with Crippen molar-refractivity contribution in [1.82, 2.24) is 0 Å². The molecule has 0 saturated heterocycles. The first-order valence-electron chi connectivity index (χ1n) is 13.1. The van der Waals surface area contributed by atoms with Crippen molar-refractivity contribution in [3.8, 4) is 11.5 Å². The van der Waals surface area contributed by atoms with Gasteiger partial charge in [0.1, 0.15) is 17.1 Å². The topological polar surface area (TPSA) is 55.8 Å². The van der Waals surface area contributed by atoms with E-state index in [0.717, 1.165) is 28.0 Å². The number of ketones is 1. The summed E-state index contributed by atoms with van der Waals surface area (Å²) in [5.74, 6) is 0.322. The molecule has 5 rings (SSSR count). The zero-order valence-electron chi connectivity index (χ0n) is 22.2. The summed E-state index contributed by atoms with van der Waals surface area (Å²) in [6, 6.07) is 34.9. The molecule has 0 spiro atoms. The fourth-order valence-corrected chi connectivity index (χ4v) is 5.47. The van der Waals surface area contributed by atoms with Crippen LogP contribution in [0.4, 0.5) is 0 Å². The van der Waals surface area contributed by atoms with Crippen LogP contribution < -0.4 is 9.47 Å². The van der Waals surface area contributed by atoms with E-state index < -0.39 is 11.5 Å². The number of ether oxygens (including phenoxy) is 2. The van der Waals surface area contributed by atoms with Gasteiger partial charge in [-0.25, -0.2) is 0 Å². The average Bonchev–Trinajstić information content (AvgIpc) is 3.00. The van der Waals surface area contributed by atoms with Gasteiger partial charge in [-0.2, -0.15) is 0 Å². The van der Waals surface area contributed by atoms with Crippen LogP contribution in [0, 0.1) is 5.92 Å². The van der Waals surface area contributed by atoms with Crippen molar-refractivity contribution in [1.29, 1.82) is 0 Å². The van der Waals surface area contributed by atoms with Crippen molar-refractivity contribution >= 4 is 17.4 Å². The van der Waals surface area contributed by atoms with Crippen LogP contribution in [0.15, 0.2) is 121 Å². The highest BCUT2D eigenvalue weighted by Crippen LogP contribution is 2.51. The maximum absolute atomic E-state index is 14.1. The van der Waals surface area contributed by atoms with Crippen molar-refractivity contribution in [2.24, 2.45) is 5.92 Å². The van der Waals surface area contributed by atoms with Gasteiger partial charge in [0.15, 0.2) is 5.78 Å². The monoisotopic (exact) mass is 516 g/mol. The van der Waals surface area contributed by atoms with Crippen LogP contribution in [-0.2, 0) is 10.4 Å². The molecule has 0 bridgehead atoms. The molecule has 196 valence electrons. The van der Waals surface area contributed by atoms with Gasteiger partial charge in [-0.1, -0.05) is 91.0 Å². The zero-order chi connectivity index (χ0) is 27.2. The maximum Gasteiger partial charge on any atom is 0.162 e. The summed E-state index contributed by atoms with van der Waals surface area (Å²) in [6.07, 6.45) is 5.90. The summed E-state index contributed by atoms with van der Waals surface area (Å²) < 4.78 is 10.7. The molecular formula is C35H32O4. The van der Waals surface area contributed by atoms with E-state index in [1.165, 1.54) is 0 Å². The number of rotatable bonds is 8. The van der Waals surface area contributed by atoms with Crippen LogP contribution in [-0.4, -0.2) is 25.1 Å². The van der Waals surface area contributed by atoms with E-state index in [2.05, 4.69) is 0 Å². The summed E-state index contributed by atoms with van der Waals surface area (Å²) in [7, 11) is 3.25. The molecule has 1 aliphatic carbocycles. The van der Waals surface area contributed by atoms with Crippen molar-refractivity contribution < 1.29 is 19.4 Å². The van der Waals surface area contributed by atoms with Crippen molar-refractivity contribution in [3.05, 3.63) is 144 Å². The van der Waals surface area contributed by atoms with Gasteiger partial charge >= 0.3 is 0 Å². The molecule has 4 nitrogen and oxygen atoms in total. The highest BCUT2D eigenvalue weighted by molar-refractivity contribution is 5.98. The first-order chi connectivity index (χ1) is 19.0. The summed E-state index contributed by atoms with van der Waals surface area (Å²) >= 11 is 0. The third-order valence-corrected chi connectivity index (χ3v) is 7.50. The smallest absolute Gasteiger partial charge is 0.162 e. The predicted molar refractivity (Wildman–Crippen MR) is 156 cm³/mol. The Bertz CT molecular complexity index is 1460. The molecule has 0 heterocycles. The van der Waals surface area contributed by atoms with Crippen LogP contribution in [0.2, 0.25) is 0 Å². The number of allylic oxidation sites excluding steroid dienone is 2. The Morgan fingerprint density at radius 2 is 1.36 bits per heavy atom. The van der Waals surface area contributed by atoms with Gasteiger partial charge in [0.25, 0.3) is 0 Å². The fourth-order valence-electron chi connectivity index (χ4n) is 5.47. The van der Waals surface area contributed by atoms with Crippen LogP contribution in [0.1, 0.15) is 34.6 Å².